The van der Waals surface area contributed by atoms with Gasteiger partial charge in [-0.25, -0.2) is 10.5 Å². The van der Waals surface area contributed by atoms with E-state index in [0.29, 0.717) is 6.42 Å². The van der Waals surface area contributed by atoms with Crippen molar-refractivity contribution in [2.75, 3.05) is 6.54 Å². The lowest BCUT2D eigenvalue weighted by Crippen LogP contribution is -2.54. The first-order valence-corrected chi connectivity index (χ1v) is 15.7. The van der Waals surface area contributed by atoms with E-state index >= 15 is 0 Å². The summed E-state index contributed by atoms with van der Waals surface area (Å²) in [4.78, 5) is 38.3. The highest BCUT2D eigenvalue weighted by atomic mass is 32.2. The number of rotatable bonds is 12. The van der Waals surface area contributed by atoms with E-state index in [0.717, 1.165) is 16.7 Å². The zero-order valence-electron chi connectivity index (χ0n) is 26.2. The zero-order valence-corrected chi connectivity index (χ0v) is 27.0. The van der Waals surface area contributed by atoms with Crippen molar-refractivity contribution >= 4 is 33.9 Å². The van der Waals surface area contributed by atoms with E-state index in [-0.39, 0.29) is 23.8 Å². The van der Waals surface area contributed by atoms with Crippen LogP contribution in [-0.4, -0.2) is 53.5 Å². The van der Waals surface area contributed by atoms with Crippen LogP contribution >= 0.6 is 0 Å². The van der Waals surface area contributed by atoms with Crippen molar-refractivity contribution in [3.63, 3.8) is 0 Å². The number of allylic oxidation sites excluding steroid dienone is 2. The highest BCUT2D eigenvalue weighted by molar-refractivity contribution is 7.85. The summed E-state index contributed by atoms with van der Waals surface area (Å²) >= 11 is 0. The maximum atomic E-state index is 13.3. The van der Waals surface area contributed by atoms with Gasteiger partial charge in [0.25, 0.3) is 16.0 Å². The molecule has 0 aliphatic heterocycles. The number of carbonyl (C=O) groups is 3. The van der Waals surface area contributed by atoms with Gasteiger partial charge < -0.3 is 5.73 Å². The standard InChI is InChI=1S/C25H38N4O4.C7H8O3S/c1-17(2)14-15-29(25(32)19(5)26)27-23(30)22(16-18(3)4)21(24(31)28-33)13-9-12-20-10-7-6-8-11-20;1-6-2-4-7(5-3-6)11(8,9)10/h6-12,14,18-19,21-22,33H,13,15-16,26H2,1-5H3,(H,27,30)(H,28,31);2-5H,1H3,(H,8,9,10)/t19-,21+,22-;/m1./s1. The molecule has 11 nitrogen and oxygen atoms in total. The Morgan fingerprint density at radius 2 is 1.55 bits per heavy atom. The lowest BCUT2D eigenvalue weighted by atomic mass is 9.82. The van der Waals surface area contributed by atoms with E-state index in [4.69, 9.17) is 10.3 Å². The number of aryl methyl sites for hydroxylation is 1. The van der Waals surface area contributed by atoms with Crippen molar-refractivity contribution in [2.45, 2.75) is 65.3 Å². The molecule has 0 unspecified atom stereocenters. The van der Waals surface area contributed by atoms with Gasteiger partial charge >= 0.3 is 0 Å². The summed E-state index contributed by atoms with van der Waals surface area (Å²) < 4.78 is 29.6. The van der Waals surface area contributed by atoms with Crippen LogP contribution in [0.2, 0.25) is 0 Å². The topological polar surface area (TPSA) is 179 Å². The van der Waals surface area contributed by atoms with Crippen molar-refractivity contribution in [2.24, 2.45) is 23.5 Å². The molecule has 0 fully saturated rings. The van der Waals surface area contributed by atoms with Crippen molar-refractivity contribution in [3.8, 4) is 0 Å². The monoisotopic (exact) mass is 630 g/mol. The zero-order chi connectivity index (χ0) is 33.4. The second-order valence-electron chi connectivity index (χ2n) is 11.2. The molecule has 6 N–H and O–H groups in total. The Labute approximate surface area is 260 Å². The third kappa shape index (κ3) is 14.1. The van der Waals surface area contributed by atoms with Crippen LogP contribution in [0.5, 0.6) is 0 Å². The predicted octanol–water partition coefficient (Wildman–Crippen LogP) is 4.29. The minimum Gasteiger partial charge on any atom is -0.320 e. The molecule has 12 heteroatoms. The highest BCUT2D eigenvalue weighted by Crippen LogP contribution is 2.25. The van der Waals surface area contributed by atoms with Gasteiger partial charge in [0.15, 0.2) is 0 Å². The number of hydrazine groups is 1. The van der Waals surface area contributed by atoms with Crippen LogP contribution < -0.4 is 16.6 Å². The molecule has 0 saturated heterocycles. The van der Waals surface area contributed by atoms with Crippen molar-refractivity contribution < 1.29 is 32.6 Å². The summed E-state index contributed by atoms with van der Waals surface area (Å²) in [5, 5.41) is 10.5. The van der Waals surface area contributed by atoms with E-state index in [9.17, 15) is 28.0 Å². The van der Waals surface area contributed by atoms with Crippen LogP contribution in [0.3, 0.4) is 0 Å². The normalized spacial score (nSPS) is 13.2. The Balaban J connectivity index is 0.000000733. The van der Waals surface area contributed by atoms with Gasteiger partial charge in [-0.3, -0.25) is 29.6 Å². The third-order valence-corrected chi connectivity index (χ3v) is 7.26. The predicted molar refractivity (Wildman–Crippen MR) is 170 cm³/mol. The molecule has 3 amide bonds. The molecule has 2 rings (SSSR count). The summed E-state index contributed by atoms with van der Waals surface area (Å²) in [6, 6.07) is 14.8. The number of carbonyl (C=O) groups excluding carboxylic acids is 3. The average Bonchev–Trinajstić information content (AvgIpc) is 2.96. The average molecular weight is 631 g/mol. The van der Waals surface area contributed by atoms with E-state index in [1.807, 2.05) is 77.1 Å². The minimum atomic E-state index is -4.02. The molecule has 0 bridgehead atoms. The number of hydroxylamine groups is 1. The Morgan fingerprint density at radius 1 is 0.955 bits per heavy atom. The number of benzene rings is 2. The highest BCUT2D eigenvalue weighted by Gasteiger charge is 2.35. The Hall–Kier alpha value is -3.84. The van der Waals surface area contributed by atoms with Gasteiger partial charge in [0, 0.05) is 0 Å². The Bertz CT molecular complexity index is 1370. The van der Waals surface area contributed by atoms with Gasteiger partial charge in [0.05, 0.1) is 29.3 Å². The van der Waals surface area contributed by atoms with Crippen LogP contribution in [0.1, 0.15) is 58.6 Å². The molecule has 0 aliphatic rings. The number of nitrogens with two attached hydrogens (primary N) is 1. The Morgan fingerprint density at radius 3 is 2.02 bits per heavy atom. The number of nitrogens with zero attached hydrogens (tertiary/aromatic N) is 1. The fourth-order valence-corrected chi connectivity index (χ4v) is 4.53. The van der Waals surface area contributed by atoms with Crippen LogP contribution in [0.4, 0.5) is 0 Å². The molecule has 3 atom stereocenters. The van der Waals surface area contributed by atoms with Crippen LogP contribution in [0.25, 0.3) is 6.08 Å². The largest absolute Gasteiger partial charge is 0.320 e. The third-order valence-electron chi connectivity index (χ3n) is 6.40. The van der Waals surface area contributed by atoms with Gasteiger partial charge in [-0.15, -0.1) is 0 Å². The minimum absolute atomic E-state index is 0.0666. The van der Waals surface area contributed by atoms with Crippen LogP contribution in [0.15, 0.2) is 77.2 Å². The fourth-order valence-electron chi connectivity index (χ4n) is 4.05. The molecule has 0 aliphatic carbocycles. The van der Waals surface area contributed by atoms with Crippen molar-refractivity contribution in [1.82, 2.24) is 15.9 Å². The molecule has 2 aromatic rings. The van der Waals surface area contributed by atoms with Gasteiger partial charge in [0.1, 0.15) is 0 Å². The molecular formula is C32H46N4O7S. The van der Waals surface area contributed by atoms with E-state index in [1.54, 1.807) is 30.6 Å². The second kappa shape index (κ2) is 18.7. The fraction of sp³-hybridized carbons (Fsp3) is 0.406. The maximum Gasteiger partial charge on any atom is 0.294 e. The first kappa shape index (κ1) is 38.2. The number of amides is 3. The molecule has 0 heterocycles. The molecule has 0 saturated carbocycles. The quantitative estimate of drug-likeness (QED) is 0.0997. The summed E-state index contributed by atoms with van der Waals surface area (Å²) in [6.45, 7) is 11.2. The molecule has 0 radical (unpaired) electrons. The number of nitrogens with one attached hydrogen (secondary N) is 2. The van der Waals surface area contributed by atoms with Gasteiger partial charge in [0.2, 0.25) is 11.8 Å². The molecule has 2 aromatic carbocycles. The van der Waals surface area contributed by atoms with E-state index in [2.05, 4.69) is 5.43 Å². The molecule has 44 heavy (non-hydrogen) atoms. The van der Waals surface area contributed by atoms with Crippen molar-refractivity contribution in [3.05, 3.63) is 83.4 Å². The lowest BCUT2D eigenvalue weighted by Gasteiger charge is -2.30. The number of hydrogen-bond donors (Lipinski definition) is 5. The van der Waals surface area contributed by atoms with Crippen LogP contribution in [0, 0.1) is 24.7 Å². The molecule has 0 spiro atoms. The smallest absolute Gasteiger partial charge is 0.294 e. The first-order valence-electron chi connectivity index (χ1n) is 14.3. The van der Waals surface area contributed by atoms with Crippen LogP contribution in [-0.2, 0) is 24.5 Å². The van der Waals surface area contributed by atoms with E-state index < -0.39 is 45.7 Å². The second-order valence-corrected chi connectivity index (χ2v) is 12.6. The number of hydrogen-bond acceptors (Lipinski definition) is 7. The first-order chi connectivity index (χ1) is 20.6. The SMILES string of the molecule is CC(C)=CCN(NC(=O)[C@H](CC(C)C)[C@H](CC=Cc1ccccc1)C(=O)NO)C(=O)[C@@H](C)N.Cc1ccc(S(=O)(=O)O)cc1. The maximum absolute atomic E-state index is 13.3. The summed E-state index contributed by atoms with van der Waals surface area (Å²) in [5.74, 6) is -3.05. The summed E-state index contributed by atoms with van der Waals surface area (Å²) in [5.41, 5.74) is 13.0. The van der Waals surface area contributed by atoms with Gasteiger partial charge in [-0.1, -0.05) is 85.7 Å². The summed E-state index contributed by atoms with van der Waals surface area (Å²) in [6.07, 6.45) is 6.11. The summed E-state index contributed by atoms with van der Waals surface area (Å²) in [7, 11) is -4.02. The molecule has 242 valence electrons. The van der Waals surface area contributed by atoms with Gasteiger partial charge in [-0.2, -0.15) is 8.42 Å². The lowest BCUT2D eigenvalue weighted by molar-refractivity contribution is -0.147. The van der Waals surface area contributed by atoms with Crippen molar-refractivity contribution in [1.29, 1.82) is 0 Å². The molecular weight excluding hydrogens is 584 g/mol. The Kier molecular flexibility index (Phi) is 16.3. The van der Waals surface area contributed by atoms with Gasteiger partial charge in [-0.05, 0) is 64.2 Å². The molecule has 0 aromatic heterocycles. The van der Waals surface area contributed by atoms with E-state index in [1.165, 1.54) is 17.1 Å².